The average molecular weight is 187 g/mol. The van der Waals surface area contributed by atoms with Gasteiger partial charge in [-0.25, -0.2) is 0 Å². The highest BCUT2D eigenvalue weighted by Gasteiger charge is 2.04. The van der Waals surface area contributed by atoms with Crippen molar-refractivity contribution in [3.8, 4) is 0 Å². The molecule has 0 atom stereocenters. The predicted octanol–water partition coefficient (Wildman–Crippen LogP) is -0.108. The van der Waals surface area contributed by atoms with Crippen molar-refractivity contribution in [2.24, 2.45) is 0 Å². The monoisotopic (exact) mass is 186 g/mol. The zero-order chi connectivity index (χ0) is 5.82. The summed E-state index contributed by atoms with van der Waals surface area (Å²) in [6, 6.07) is 0. The first-order valence-electron chi connectivity index (χ1n) is 2.83. The van der Waals surface area contributed by atoms with Gasteiger partial charge in [-0.3, -0.25) is 4.79 Å². The number of rotatable bonds is 1. The lowest BCUT2D eigenvalue weighted by atomic mass is 10.4. The van der Waals surface area contributed by atoms with E-state index in [1.807, 2.05) is 0 Å². The van der Waals surface area contributed by atoms with Gasteiger partial charge >= 0.3 is 0 Å². The molecule has 1 heterocycles. The maximum atomic E-state index is 10.1. The summed E-state index contributed by atoms with van der Waals surface area (Å²) in [5, 5.41) is 3.15. The minimum absolute atomic E-state index is 0. The first kappa shape index (κ1) is 12.7. The van der Waals surface area contributed by atoms with Gasteiger partial charge in [-0.2, -0.15) is 0 Å². The summed E-state index contributed by atoms with van der Waals surface area (Å²) >= 11 is 0. The number of hydrogen-bond donors (Lipinski definition) is 1. The van der Waals surface area contributed by atoms with Crippen LogP contribution in [0, 0.1) is 0 Å². The Kier molecular flexibility index (Phi) is 9.02. The summed E-state index contributed by atoms with van der Waals surface area (Å²) in [5.41, 5.74) is 0. The maximum Gasteiger partial charge on any atom is 0.209 e. The second-order valence-corrected chi connectivity index (χ2v) is 1.89. The Morgan fingerprint density at radius 1 is 1.20 bits per heavy atom. The van der Waals surface area contributed by atoms with Crippen LogP contribution >= 0.6 is 24.8 Å². The number of halogens is 2. The molecule has 0 aromatic carbocycles. The predicted molar refractivity (Wildman–Crippen MR) is 45.0 cm³/mol. The number of carbonyl (C=O) groups is 1. The van der Waals surface area contributed by atoms with Crippen molar-refractivity contribution < 1.29 is 4.79 Å². The average Bonchev–Trinajstić information content (AvgIpc) is 1.90. The third-order valence-corrected chi connectivity index (χ3v) is 1.30. The van der Waals surface area contributed by atoms with Gasteiger partial charge in [0.05, 0.1) is 0 Å². The Labute approximate surface area is 73.0 Å². The second kappa shape index (κ2) is 7.12. The number of piperazine rings is 1. The van der Waals surface area contributed by atoms with Crippen molar-refractivity contribution in [3.05, 3.63) is 0 Å². The zero-order valence-electron chi connectivity index (χ0n) is 5.58. The number of nitrogens with zero attached hydrogens (tertiary/aromatic N) is 1. The van der Waals surface area contributed by atoms with Crippen LogP contribution in [-0.2, 0) is 4.79 Å². The Bertz CT molecular complexity index is 85.7. The van der Waals surface area contributed by atoms with Gasteiger partial charge in [0.2, 0.25) is 6.41 Å². The van der Waals surface area contributed by atoms with Crippen LogP contribution in [0.3, 0.4) is 0 Å². The molecule has 0 spiro atoms. The number of carbonyl (C=O) groups excluding carboxylic acids is 1. The molecule has 1 N–H and O–H groups in total. The molecule has 1 saturated heterocycles. The van der Waals surface area contributed by atoms with E-state index in [2.05, 4.69) is 5.32 Å². The van der Waals surface area contributed by atoms with Crippen molar-refractivity contribution in [1.29, 1.82) is 0 Å². The molecular weight excluding hydrogens is 175 g/mol. The molecule has 3 nitrogen and oxygen atoms in total. The first-order chi connectivity index (χ1) is 3.93. The van der Waals surface area contributed by atoms with E-state index in [-0.39, 0.29) is 24.8 Å². The highest BCUT2D eigenvalue weighted by atomic mass is 35.5. The lowest BCUT2D eigenvalue weighted by Gasteiger charge is -2.22. The first-order valence-corrected chi connectivity index (χ1v) is 2.83. The van der Waals surface area contributed by atoms with Gasteiger partial charge in [-0.1, -0.05) is 0 Å². The Morgan fingerprint density at radius 3 is 2.00 bits per heavy atom. The molecule has 0 radical (unpaired) electrons. The minimum atomic E-state index is 0. The molecule has 62 valence electrons. The van der Waals surface area contributed by atoms with Gasteiger partial charge in [0.1, 0.15) is 0 Å². The zero-order valence-corrected chi connectivity index (χ0v) is 7.21. The van der Waals surface area contributed by atoms with Crippen LogP contribution in [0.15, 0.2) is 0 Å². The number of nitrogens with one attached hydrogen (secondary N) is 1. The third kappa shape index (κ3) is 3.93. The smallest absolute Gasteiger partial charge is 0.209 e. The molecule has 10 heavy (non-hydrogen) atoms. The van der Waals surface area contributed by atoms with Crippen molar-refractivity contribution in [2.75, 3.05) is 26.2 Å². The van der Waals surface area contributed by atoms with Gasteiger partial charge in [0, 0.05) is 26.2 Å². The minimum Gasteiger partial charge on any atom is -0.343 e. The van der Waals surface area contributed by atoms with E-state index in [1.54, 1.807) is 4.90 Å². The molecule has 0 aromatic heterocycles. The molecule has 5 heteroatoms. The van der Waals surface area contributed by atoms with E-state index in [9.17, 15) is 4.79 Å². The van der Waals surface area contributed by atoms with Crippen LogP contribution in [-0.4, -0.2) is 37.5 Å². The van der Waals surface area contributed by atoms with Gasteiger partial charge in [-0.05, 0) is 0 Å². The molecule has 0 aliphatic carbocycles. The molecular formula is C5H12Cl2N2O. The SMILES string of the molecule is Cl.Cl.O=CN1CCNCC1. The highest BCUT2D eigenvalue weighted by Crippen LogP contribution is 1.84. The van der Waals surface area contributed by atoms with Crippen LogP contribution in [0.25, 0.3) is 0 Å². The topological polar surface area (TPSA) is 32.3 Å². The fourth-order valence-electron chi connectivity index (χ4n) is 0.788. The Morgan fingerprint density at radius 2 is 1.70 bits per heavy atom. The van der Waals surface area contributed by atoms with Gasteiger partial charge in [-0.15, -0.1) is 24.8 Å². The molecule has 0 saturated carbocycles. The maximum absolute atomic E-state index is 10.1. The Hall–Kier alpha value is 0.01000. The van der Waals surface area contributed by atoms with Gasteiger partial charge in [0.25, 0.3) is 0 Å². The molecule has 1 amide bonds. The molecule has 1 rings (SSSR count). The molecule has 0 aromatic rings. The van der Waals surface area contributed by atoms with Gasteiger partial charge in [0.15, 0.2) is 0 Å². The highest BCUT2D eigenvalue weighted by molar-refractivity contribution is 5.85. The lowest BCUT2D eigenvalue weighted by Crippen LogP contribution is -2.42. The quantitative estimate of drug-likeness (QED) is 0.581. The van der Waals surface area contributed by atoms with E-state index in [0.29, 0.717) is 0 Å². The van der Waals surface area contributed by atoms with Crippen LogP contribution in [0.5, 0.6) is 0 Å². The van der Waals surface area contributed by atoms with E-state index < -0.39 is 0 Å². The fourth-order valence-corrected chi connectivity index (χ4v) is 0.788. The summed E-state index contributed by atoms with van der Waals surface area (Å²) < 4.78 is 0. The van der Waals surface area contributed by atoms with E-state index in [4.69, 9.17) is 0 Å². The summed E-state index contributed by atoms with van der Waals surface area (Å²) in [6.45, 7) is 3.62. The van der Waals surface area contributed by atoms with Crippen LogP contribution in [0.4, 0.5) is 0 Å². The normalized spacial score (nSPS) is 16.6. The molecule has 1 aliphatic heterocycles. The fraction of sp³-hybridized carbons (Fsp3) is 0.800. The van der Waals surface area contributed by atoms with E-state index in [0.717, 1.165) is 32.6 Å². The van der Waals surface area contributed by atoms with Gasteiger partial charge < -0.3 is 10.2 Å². The van der Waals surface area contributed by atoms with Crippen LogP contribution in [0.1, 0.15) is 0 Å². The summed E-state index contributed by atoms with van der Waals surface area (Å²) in [6.07, 6.45) is 0.904. The van der Waals surface area contributed by atoms with Crippen LogP contribution < -0.4 is 5.32 Å². The molecule has 1 aliphatic rings. The molecule has 1 fully saturated rings. The second-order valence-electron chi connectivity index (χ2n) is 1.89. The van der Waals surface area contributed by atoms with E-state index in [1.165, 1.54) is 0 Å². The summed E-state index contributed by atoms with van der Waals surface area (Å²) in [5.74, 6) is 0. The third-order valence-electron chi connectivity index (χ3n) is 1.30. The molecule has 0 bridgehead atoms. The summed E-state index contributed by atoms with van der Waals surface area (Å²) in [4.78, 5) is 11.8. The van der Waals surface area contributed by atoms with Crippen molar-refractivity contribution >= 4 is 31.2 Å². The standard InChI is InChI=1S/C5H10N2O.2ClH/c8-5-7-3-1-6-2-4-7;;/h5-6H,1-4H2;2*1H. The molecule has 0 unspecified atom stereocenters. The Balaban J connectivity index is 0. The van der Waals surface area contributed by atoms with E-state index >= 15 is 0 Å². The number of amides is 1. The lowest BCUT2D eigenvalue weighted by molar-refractivity contribution is -0.118. The summed E-state index contributed by atoms with van der Waals surface area (Å²) in [7, 11) is 0. The van der Waals surface area contributed by atoms with Crippen molar-refractivity contribution in [2.45, 2.75) is 0 Å². The van der Waals surface area contributed by atoms with Crippen molar-refractivity contribution in [1.82, 2.24) is 10.2 Å². The largest absolute Gasteiger partial charge is 0.343 e. The van der Waals surface area contributed by atoms with Crippen LogP contribution in [0.2, 0.25) is 0 Å². The van der Waals surface area contributed by atoms with Crippen molar-refractivity contribution in [3.63, 3.8) is 0 Å². The number of hydrogen-bond acceptors (Lipinski definition) is 2.